The summed E-state index contributed by atoms with van der Waals surface area (Å²) in [6, 6.07) is 20.6. The molecule has 3 aromatic rings. The number of nitrogens with zero attached hydrogens (tertiary/aromatic N) is 1. The number of rotatable bonds is 5. The normalized spacial score (nSPS) is 16.5. The molecule has 0 atom stereocenters. The number of hydrogen-bond donors (Lipinski definition) is 0. The summed E-state index contributed by atoms with van der Waals surface area (Å²) in [5.41, 5.74) is 2.81. The van der Waals surface area contributed by atoms with Crippen molar-refractivity contribution in [3.8, 4) is 5.75 Å². The Labute approximate surface area is 176 Å². The second-order valence-corrected chi connectivity index (χ2v) is 8.40. The molecule has 0 aliphatic carbocycles. The summed E-state index contributed by atoms with van der Waals surface area (Å²) in [5, 5.41) is 2.55. The molecule has 2 aliphatic heterocycles. The van der Waals surface area contributed by atoms with Gasteiger partial charge in [0.15, 0.2) is 5.78 Å². The first-order chi connectivity index (χ1) is 14.7. The highest BCUT2D eigenvalue weighted by Gasteiger charge is 2.23. The number of piperidine rings is 1. The van der Waals surface area contributed by atoms with Crippen LogP contribution in [0.2, 0.25) is 0 Å². The Kier molecular flexibility index (Phi) is 4.99. The SMILES string of the molecule is O=C1Cc2ccc(C(=O)CCC3CCN(c4ccc5ccccc5c4)CC3)cc2O1. The summed E-state index contributed by atoms with van der Waals surface area (Å²) in [4.78, 5) is 26.5. The smallest absolute Gasteiger partial charge is 0.315 e. The molecule has 0 saturated carbocycles. The minimum Gasteiger partial charge on any atom is -0.426 e. The van der Waals surface area contributed by atoms with Crippen LogP contribution in [0.5, 0.6) is 5.75 Å². The van der Waals surface area contributed by atoms with Crippen LogP contribution in [0.4, 0.5) is 5.69 Å². The zero-order valence-corrected chi connectivity index (χ0v) is 17.0. The molecule has 0 unspecified atom stereocenters. The van der Waals surface area contributed by atoms with Gasteiger partial charge in [-0.05, 0) is 54.2 Å². The van der Waals surface area contributed by atoms with E-state index in [-0.39, 0.29) is 11.8 Å². The maximum absolute atomic E-state index is 12.6. The first-order valence-corrected chi connectivity index (χ1v) is 10.8. The van der Waals surface area contributed by atoms with Gasteiger partial charge < -0.3 is 9.64 Å². The minimum atomic E-state index is -0.243. The third-order valence-corrected chi connectivity index (χ3v) is 6.44. The number of ether oxygens (including phenoxy) is 1. The monoisotopic (exact) mass is 399 g/mol. The zero-order valence-electron chi connectivity index (χ0n) is 17.0. The molecule has 0 bridgehead atoms. The lowest BCUT2D eigenvalue weighted by molar-refractivity contribution is -0.131. The molecule has 152 valence electrons. The van der Waals surface area contributed by atoms with Gasteiger partial charge in [0, 0.05) is 36.3 Å². The van der Waals surface area contributed by atoms with E-state index in [4.69, 9.17) is 4.74 Å². The van der Waals surface area contributed by atoms with Crippen LogP contribution in [0.3, 0.4) is 0 Å². The highest BCUT2D eigenvalue weighted by Crippen LogP contribution is 2.30. The average Bonchev–Trinajstić information content (AvgIpc) is 3.16. The van der Waals surface area contributed by atoms with Gasteiger partial charge in [-0.2, -0.15) is 0 Å². The molecule has 4 nitrogen and oxygen atoms in total. The van der Waals surface area contributed by atoms with Crippen LogP contribution in [0.1, 0.15) is 41.6 Å². The van der Waals surface area contributed by atoms with Crippen molar-refractivity contribution in [2.45, 2.75) is 32.1 Å². The van der Waals surface area contributed by atoms with E-state index >= 15 is 0 Å². The fourth-order valence-electron chi connectivity index (χ4n) is 4.62. The van der Waals surface area contributed by atoms with Crippen molar-refractivity contribution in [2.75, 3.05) is 18.0 Å². The summed E-state index contributed by atoms with van der Waals surface area (Å²) >= 11 is 0. The van der Waals surface area contributed by atoms with Gasteiger partial charge in [0.2, 0.25) is 0 Å². The van der Waals surface area contributed by atoms with Crippen LogP contribution in [-0.4, -0.2) is 24.8 Å². The topological polar surface area (TPSA) is 46.6 Å². The van der Waals surface area contributed by atoms with Gasteiger partial charge >= 0.3 is 5.97 Å². The van der Waals surface area contributed by atoms with E-state index in [0.29, 0.717) is 30.1 Å². The first kappa shape index (κ1) is 18.9. The van der Waals surface area contributed by atoms with Gasteiger partial charge in [-0.1, -0.05) is 42.5 Å². The van der Waals surface area contributed by atoms with E-state index in [1.165, 1.54) is 16.5 Å². The third-order valence-electron chi connectivity index (χ3n) is 6.44. The van der Waals surface area contributed by atoms with Gasteiger partial charge in [0.1, 0.15) is 5.75 Å². The molecule has 1 fully saturated rings. The van der Waals surface area contributed by atoms with Crippen LogP contribution in [0, 0.1) is 5.92 Å². The van der Waals surface area contributed by atoms with E-state index in [1.807, 2.05) is 12.1 Å². The molecule has 0 radical (unpaired) electrons. The number of hydrogen-bond acceptors (Lipinski definition) is 4. The number of carbonyl (C=O) groups excluding carboxylic acids is 2. The van der Waals surface area contributed by atoms with Gasteiger partial charge in [0.25, 0.3) is 0 Å². The summed E-state index contributed by atoms with van der Waals surface area (Å²) < 4.78 is 5.18. The molecule has 4 heteroatoms. The fourth-order valence-corrected chi connectivity index (χ4v) is 4.62. The summed E-state index contributed by atoms with van der Waals surface area (Å²) in [5.74, 6) is 1.03. The number of fused-ring (bicyclic) bond motifs is 2. The fraction of sp³-hybridized carbons (Fsp3) is 0.308. The van der Waals surface area contributed by atoms with Crippen LogP contribution < -0.4 is 9.64 Å². The van der Waals surface area contributed by atoms with Crippen molar-refractivity contribution in [3.63, 3.8) is 0 Å². The molecule has 0 aromatic heterocycles. The summed E-state index contributed by atoms with van der Waals surface area (Å²) in [6.07, 6.45) is 4.00. The van der Waals surface area contributed by atoms with Crippen molar-refractivity contribution >= 4 is 28.2 Å². The maximum atomic E-state index is 12.6. The van der Waals surface area contributed by atoms with E-state index in [0.717, 1.165) is 37.9 Å². The quantitative estimate of drug-likeness (QED) is 0.337. The van der Waals surface area contributed by atoms with Crippen molar-refractivity contribution in [3.05, 3.63) is 71.8 Å². The Morgan fingerprint density at radius 3 is 2.60 bits per heavy atom. The molecular formula is C26H25NO3. The standard InChI is InChI=1S/C26H25NO3/c28-24(21-6-7-22-17-26(29)30-25(22)16-21)10-5-18-11-13-27(14-12-18)23-9-8-19-3-1-2-4-20(19)15-23/h1-4,6-9,15-16,18H,5,10-14,17H2. The minimum absolute atomic E-state index is 0.137. The lowest BCUT2D eigenvalue weighted by Gasteiger charge is -2.33. The van der Waals surface area contributed by atoms with Crippen molar-refractivity contribution in [1.29, 1.82) is 0 Å². The number of anilines is 1. The van der Waals surface area contributed by atoms with Crippen molar-refractivity contribution < 1.29 is 14.3 Å². The molecule has 0 amide bonds. The van der Waals surface area contributed by atoms with Crippen LogP contribution in [0.15, 0.2) is 60.7 Å². The summed E-state index contributed by atoms with van der Waals surface area (Å²) in [7, 11) is 0. The largest absolute Gasteiger partial charge is 0.426 e. The van der Waals surface area contributed by atoms with E-state index in [1.54, 1.807) is 6.07 Å². The number of esters is 1. The highest BCUT2D eigenvalue weighted by atomic mass is 16.5. The molecule has 0 spiro atoms. The van der Waals surface area contributed by atoms with Crippen molar-refractivity contribution in [1.82, 2.24) is 0 Å². The maximum Gasteiger partial charge on any atom is 0.315 e. The number of benzene rings is 3. The molecule has 2 heterocycles. The Morgan fingerprint density at radius 1 is 0.967 bits per heavy atom. The second kappa shape index (κ2) is 7.94. The summed E-state index contributed by atoms with van der Waals surface area (Å²) in [6.45, 7) is 2.07. The second-order valence-electron chi connectivity index (χ2n) is 8.40. The Balaban J connectivity index is 1.15. The first-order valence-electron chi connectivity index (χ1n) is 10.8. The van der Waals surface area contributed by atoms with E-state index < -0.39 is 0 Å². The molecule has 5 rings (SSSR count). The molecule has 3 aromatic carbocycles. The van der Waals surface area contributed by atoms with Crippen LogP contribution in [0.25, 0.3) is 10.8 Å². The molecular weight excluding hydrogens is 374 g/mol. The van der Waals surface area contributed by atoms with Gasteiger partial charge in [-0.25, -0.2) is 0 Å². The predicted octanol–water partition coefficient (Wildman–Crippen LogP) is 5.18. The molecule has 30 heavy (non-hydrogen) atoms. The number of Topliss-reactive ketones (excluding diaryl/α,β-unsaturated/α-hetero) is 1. The van der Waals surface area contributed by atoms with Gasteiger partial charge in [-0.15, -0.1) is 0 Å². The Bertz CT molecular complexity index is 1110. The van der Waals surface area contributed by atoms with Gasteiger partial charge in [-0.3, -0.25) is 9.59 Å². The van der Waals surface area contributed by atoms with Crippen molar-refractivity contribution in [2.24, 2.45) is 5.92 Å². The van der Waals surface area contributed by atoms with Gasteiger partial charge in [0.05, 0.1) is 6.42 Å². The number of carbonyl (C=O) groups is 2. The van der Waals surface area contributed by atoms with E-state index in [9.17, 15) is 9.59 Å². The Morgan fingerprint density at radius 2 is 1.77 bits per heavy atom. The predicted molar refractivity (Wildman–Crippen MR) is 118 cm³/mol. The van der Waals surface area contributed by atoms with Crippen LogP contribution >= 0.6 is 0 Å². The molecule has 0 N–H and O–H groups in total. The molecule has 1 saturated heterocycles. The third kappa shape index (κ3) is 3.82. The lowest BCUT2D eigenvalue weighted by atomic mass is 9.90. The highest BCUT2D eigenvalue weighted by molar-refractivity contribution is 5.97. The number of ketones is 1. The Hall–Kier alpha value is -3.14. The lowest BCUT2D eigenvalue weighted by Crippen LogP contribution is -2.33. The molecule has 2 aliphatic rings. The average molecular weight is 399 g/mol. The zero-order chi connectivity index (χ0) is 20.5. The van der Waals surface area contributed by atoms with Crippen LogP contribution in [-0.2, 0) is 11.2 Å². The van der Waals surface area contributed by atoms with E-state index in [2.05, 4.69) is 47.4 Å².